The zero-order valence-corrected chi connectivity index (χ0v) is 13.9. The Kier molecular flexibility index (Phi) is 2.83. The topological polar surface area (TPSA) is 74.2 Å². The fourth-order valence-corrected chi connectivity index (χ4v) is 5.83. The molecule has 3 heterocycles. The Labute approximate surface area is 145 Å². The monoisotopic (exact) mass is 346 g/mol. The van der Waals surface area contributed by atoms with E-state index in [0.717, 1.165) is 31.4 Å². The average Bonchev–Trinajstić information content (AvgIpc) is 3.09. The fraction of sp³-hybridized carbons (Fsp3) is 0.737. The maximum Gasteiger partial charge on any atom is 0.229 e. The molecule has 2 unspecified atom stereocenters. The van der Waals surface area contributed by atoms with Crippen molar-refractivity contribution in [3.63, 3.8) is 0 Å². The summed E-state index contributed by atoms with van der Waals surface area (Å²) < 4.78 is 24.5. The second-order valence-electron chi connectivity index (χ2n) is 8.27. The van der Waals surface area contributed by atoms with Crippen LogP contribution in [0.1, 0.15) is 32.1 Å². The van der Waals surface area contributed by atoms with Crippen molar-refractivity contribution in [2.75, 3.05) is 6.61 Å². The van der Waals surface area contributed by atoms with Crippen LogP contribution in [0.2, 0.25) is 0 Å². The third-order valence-electron chi connectivity index (χ3n) is 6.91. The van der Waals surface area contributed by atoms with Gasteiger partial charge in [-0.25, -0.2) is 0 Å². The van der Waals surface area contributed by atoms with Gasteiger partial charge in [0.2, 0.25) is 6.29 Å². The third-order valence-corrected chi connectivity index (χ3v) is 6.91. The molecular weight excluding hydrogens is 324 g/mol. The van der Waals surface area contributed by atoms with E-state index < -0.39 is 17.9 Å². The van der Waals surface area contributed by atoms with E-state index in [-0.39, 0.29) is 35.6 Å². The third kappa shape index (κ3) is 1.86. The van der Waals surface area contributed by atoms with Gasteiger partial charge < -0.3 is 24.1 Å². The van der Waals surface area contributed by atoms with E-state index in [1.807, 2.05) is 6.08 Å². The Bertz CT molecular complexity index is 692. The first-order chi connectivity index (χ1) is 12.1. The molecule has 0 aromatic carbocycles. The number of aliphatic hydroxyl groups is 1. The number of rotatable bonds is 0. The van der Waals surface area contributed by atoms with Crippen LogP contribution >= 0.6 is 0 Å². The SMILES string of the molecule is O=C1C=CC2(O)OC[C@@H]3C=C4O[C@@H]5OC6(CCCCC6)O[C@@H]5C4[C@@H]2[C@@H]13. The molecule has 1 saturated carbocycles. The van der Waals surface area contributed by atoms with E-state index >= 15 is 0 Å². The van der Waals surface area contributed by atoms with Crippen molar-refractivity contribution >= 4 is 5.78 Å². The molecular formula is C19H22O6. The molecule has 0 aromatic heterocycles. The Morgan fingerprint density at radius 1 is 1.12 bits per heavy atom. The summed E-state index contributed by atoms with van der Waals surface area (Å²) in [7, 11) is 0. The van der Waals surface area contributed by atoms with Crippen molar-refractivity contribution in [1.29, 1.82) is 0 Å². The molecule has 134 valence electrons. The van der Waals surface area contributed by atoms with Crippen LogP contribution in [0.25, 0.3) is 0 Å². The number of hydrogen-bond acceptors (Lipinski definition) is 6. The summed E-state index contributed by atoms with van der Waals surface area (Å²) in [6, 6.07) is 0. The summed E-state index contributed by atoms with van der Waals surface area (Å²) in [5.74, 6) is -2.02. The zero-order chi connectivity index (χ0) is 16.8. The van der Waals surface area contributed by atoms with Crippen LogP contribution in [-0.2, 0) is 23.7 Å². The van der Waals surface area contributed by atoms with Crippen molar-refractivity contribution in [2.45, 2.75) is 56.1 Å². The molecule has 0 aromatic rings. The lowest BCUT2D eigenvalue weighted by atomic mass is 9.60. The summed E-state index contributed by atoms with van der Waals surface area (Å²) in [4.78, 5) is 12.5. The van der Waals surface area contributed by atoms with Crippen LogP contribution in [0.15, 0.2) is 24.0 Å². The highest BCUT2D eigenvalue weighted by atomic mass is 16.8. The Morgan fingerprint density at radius 3 is 2.80 bits per heavy atom. The molecule has 25 heavy (non-hydrogen) atoms. The predicted molar refractivity (Wildman–Crippen MR) is 83.7 cm³/mol. The highest BCUT2D eigenvalue weighted by molar-refractivity contribution is 5.94. The largest absolute Gasteiger partial charge is 0.466 e. The van der Waals surface area contributed by atoms with Crippen LogP contribution in [-0.4, -0.2) is 41.5 Å². The van der Waals surface area contributed by atoms with Gasteiger partial charge in [0.15, 0.2) is 17.4 Å². The highest BCUT2D eigenvalue weighted by Gasteiger charge is 2.67. The van der Waals surface area contributed by atoms with Gasteiger partial charge in [0.05, 0.1) is 12.5 Å². The highest BCUT2D eigenvalue weighted by Crippen LogP contribution is 2.59. The summed E-state index contributed by atoms with van der Waals surface area (Å²) in [5.41, 5.74) is 0. The fourth-order valence-electron chi connectivity index (χ4n) is 5.83. The minimum atomic E-state index is -1.43. The molecule has 4 fully saturated rings. The van der Waals surface area contributed by atoms with Crippen molar-refractivity contribution < 1.29 is 28.8 Å². The maximum atomic E-state index is 12.5. The molecule has 6 aliphatic rings. The Hall–Kier alpha value is -1.21. The van der Waals surface area contributed by atoms with E-state index in [1.165, 1.54) is 18.6 Å². The number of ether oxygens (including phenoxy) is 4. The molecule has 4 bridgehead atoms. The van der Waals surface area contributed by atoms with E-state index in [2.05, 4.69) is 0 Å². The number of hydrogen-bond donors (Lipinski definition) is 1. The van der Waals surface area contributed by atoms with E-state index in [4.69, 9.17) is 18.9 Å². The Morgan fingerprint density at radius 2 is 1.96 bits per heavy atom. The molecule has 3 aliphatic carbocycles. The van der Waals surface area contributed by atoms with Crippen LogP contribution in [0.3, 0.4) is 0 Å². The number of allylic oxidation sites excluding steroid dienone is 1. The normalized spacial score (nSPS) is 51.7. The van der Waals surface area contributed by atoms with Crippen molar-refractivity contribution in [3.05, 3.63) is 24.0 Å². The number of carbonyl (C=O) groups excluding carboxylic acids is 1. The van der Waals surface area contributed by atoms with Gasteiger partial charge in [-0.1, -0.05) is 6.42 Å². The molecule has 6 heteroatoms. The molecule has 1 spiro atoms. The first-order valence-electron chi connectivity index (χ1n) is 9.42. The first kappa shape index (κ1) is 14.9. The molecule has 6 nitrogen and oxygen atoms in total. The van der Waals surface area contributed by atoms with E-state index in [9.17, 15) is 9.90 Å². The molecule has 7 atom stereocenters. The van der Waals surface area contributed by atoms with Gasteiger partial charge >= 0.3 is 0 Å². The molecule has 3 saturated heterocycles. The molecule has 3 aliphatic heterocycles. The number of fused-ring (bicyclic) bond motifs is 3. The van der Waals surface area contributed by atoms with Crippen LogP contribution < -0.4 is 0 Å². The summed E-state index contributed by atoms with van der Waals surface area (Å²) in [6.45, 7) is 0.328. The predicted octanol–water partition coefficient (Wildman–Crippen LogP) is 1.64. The molecule has 0 amide bonds. The van der Waals surface area contributed by atoms with Crippen LogP contribution in [0.4, 0.5) is 0 Å². The lowest BCUT2D eigenvalue weighted by Gasteiger charge is -2.52. The van der Waals surface area contributed by atoms with Gasteiger partial charge in [-0.2, -0.15) is 0 Å². The first-order valence-corrected chi connectivity index (χ1v) is 9.42. The second-order valence-corrected chi connectivity index (χ2v) is 8.27. The van der Waals surface area contributed by atoms with E-state index in [1.54, 1.807) is 0 Å². The van der Waals surface area contributed by atoms with Crippen molar-refractivity contribution in [3.8, 4) is 0 Å². The van der Waals surface area contributed by atoms with Gasteiger partial charge in [0, 0.05) is 30.6 Å². The lowest BCUT2D eigenvalue weighted by Crippen LogP contribution is -2.61. The van der Waals surface area contributed by atoms with E-state index in [0.29, 0.717) is 6.61 Å². The molecule has 0 radical (unpaired) electrons. The lowest BCUT2D eigenvalue weighted by molar-refractivity contribution is -0.275. The second kappa shape index (κ2) is 4.74. The van der Waals surface area contributed by atoms with Gasteiger partial charge in [0.1, 0.15) is 11.9 Å². The number of carbonyl (C=O) groups is 1. The standard InChI is InChI=1S/C19H22O6/c20-11-4-7-19(21)15-13(11)10(9-22-19)8-12-14(15)16-17(23-12)25-18(24-16)5-2-1-3-6-18/h4,7-8,10,13-17,21H,1-3,5-6,9H2/t10-,13+,14?,15-,16+,17+,19?/m0/s1. The van der Waals surface area contributed by atoms with Crippen LogP contribution in [0.5, 0.6) is 0 Å². The Balaban J connectivity index is 1.40. The molecule has 1 N–H and O–H groups in total. The zero-order valence-electron chi connectivity index (χ0n) is 13.9. The van der Waals surface area contributed by atoms with Gasteiger partial charge in [0.25, 0.3) is 0 Å². The number of ketones is 1. The van der Waals surface area contributed by atoms with Crippen molar-refractivity contribution in [1.82, 2.24) is 0 Å². The quantitative estimate of drug-likeness (QED) is 0.719. The van der Waals surface area contributed by atoms with Gasteiger partial charge in [-0.3, -0.25) is 4.79 Å². The van der Waals surface area contributed by atoms with Crippen LogP contribution in [0, 0.1) is 23.7 Å². The maximum absolute atomic E-state index is 12.5. The summed E-state index contributed by atoms with van der Waals surface area (Å²) in [5, 5.41) is 11.1. The minimum Gasteiger partial charge on any atom is -0.466 e. The molecule has 6 rings (SSSR count). The average molecular weight is 346 g/mol. The van der Waals surface area contributed by atoms with Gasteiger partial charge in [-0.05, 0) is 31.1 Å². The van der Waals surface area contributed by atoms with Gasteiger partial charge in [-0.15, -0.1) is 0 Å². The smallest absolute Gasteiger partial charge is 0.229 e. The summed E-state index contributed by atoms with van der Waals surface area (Å²) >= 11 is 0. The minimum absolute atomic E-state index is 0.0588. The summed E-state index contributed by atoms with van der Waals surface area (Å²) in [6.07, 6.45) is 9.40. The van der Waals surface area contributed by atoms with Crippen molar-refractivity contribution in [2.24, 2.45) is 23.7 Å².